The van der Waals surface area contributed by atoms with E-state index in [1.807, 2.05) is 0 Å². The number of nitro benzene ring substituents is 1. The first-order valence-electron chi connectivity index (χ1n) is 9.83. The number of anilines is 1. The first-order chi connectivity index (χ1) is 14.3. The molecule has 1 aromatic heterocycles. The Kier molecular flexibility index (Phi) is 8.31. The third-order valence-electron chi connectivity index (χ3n) is 5.11. The Morgan fingerprint density at radius 3 is 2.37 bits per heavy atom. The quantitative estimate of drug-likeness (QED) is 0.405. The summed E-state index contributed by atoms with van der Waals surface area (Å²) in [6, 6.07) is 6.52. The average Bonchev–Trinajstić information content (AvgIpc) is 2.73. The zero-order valence-corrected chi connectivity index (χ0v) is 17.6. The number of aryl methyl sites for hydroxylation is 1. The monoisotopic (exact) mass is 419 g/mol. The molecule has 0 aliphatic carbocycles. The molecule has 30 heavy (non-hydrogen) atoms. The van der Waals surface area contributed by atoms with Crippen molar-refractivity contribution in [3.05, 3.63) is 66.3 Å². The second-order valence-electron chi connectivity index (χ2n) is 7.20. The smallest absolute Gasteiger partial charge is 0.332 e. The van der Waals surface area contributed by atoms with E-state index < -0.39 is 4.92 Å². The zero-order chi connectivity index (χ0) is 22.3. The Morgan fingerprint density at radius 1 is 1.10 bits per heavy atom. The lowest BCUT2D eigenvalue weighted by atomic mass is 10.1. The van der Waals surface area contributed by atoms with Gasteiger partial charge in [-0.15, -0.1) is 0 Å². The number of hydrogen-bond acceptors (Lipinski definition) is 7. The van der Waals surface area contributed by atoms with Crippen LogP contribution in [0.2, 0.25) is 0 Å². The van der Waals surface area contributed by atoms with Crippen molar-refractivity contribution in [2.75, 3.05) is 38.1 Å². The summed E-state index contributed by atoms with van der Waals surface area (Å²) in [6.45, 7) is 4.10. The topological polar surface area (TPSA) is 123 Å². The van der Waals surface area contributed by atoms with Crippen molar-refractivity contribution >= 4 is 11.5 Å². The highest BCUT2D eigenvalue weighted by atomic mass is 16.6. The molecule has 0 bridgehead atoms. The highest BCUT2D eigenvalue weighted by molar-refractivity contribution is 5.42. The molecule has 10 heteroatoms. The molecule has 0 aliphatic rings. The molecular formula is C20H29N5O5. The van der Waals surface area contributed by atoms with Crippen LogP contribution in [0.15, 0.2) is 33.9 Å². The Morgan fingerprint density at radius 2 is 1.77 bits per heavy atom. The fraction of sp³-hybridized carbons (Fsp3) is 0.500. The minimum atomic E-state index is -0.417. The van der Waals surface area contributed by atoms with Gasteiger partial charge in [0, 0.05) is 45.9 Å². The van der Waals surface area contributed by atoms with Gasteiger partial charge in [-0.05, 0) is 31.9 Å². The molecule has 10 nitrogen and oxygen atoms in total. The molecule has 0 spiro atoms. The van der Waals surface area contributed by atoms with Crippen LogP contribution in [0.25, 0.3) is 0 Å². The van der Waals surface area contributed by atoms with Crippen LogP contribution in [-0.4, -0.2) is 56.8 Å². The van der Waals surface area contributed by atoms with E-state index in [9.17, 15) is 24.8 Å². The maximum Gasteiger partial charge on any atom is 0.332 e. The molecule has 2 rings (SSSR count). The molecule has 0 amide bonds. The minimum Gasteiger partial charge on any atom is -0.395 e. The van der Waals surface area contributed by atoms with Crippen molar-refractivity contribution in [3.8, 4) is 0 Å². The average molecular weight is 419 g/mol. The molecule has 0 saturated carbocycles. The van der Waals surface area contributed by atoms with Crippen LogP contribution in [0.5, 0.6) is 0 Å². The van der Waals surface area contributed by atoms with Crippen LogP contribution in [-0.2, 0) is 20.5 Å². The molecular weight excluding hydrogens is 390 g/mol. The van der Waals surface area contributed by atoms with Crippen LogP contribution in [0, 0.1) is 17.0 Å². The normalized spacial score (nSPS) is 11.1. The lowest BCUT2D eigenvalue weighted by Gasteiger charge is -2.22. The van der Waals surface area contributed by atoms with Crippen molar-refractivity contribution in [2.24, 2.45) is 14.1 Å². The molecule has 1 heterocycles. The van der Waals surface area contributed by atoms with Gasteiger partial charge in [0.05, 0.1) is 17.1 Å². The van der Waals surface area contributed by atoms with E-state index in [1.165, 1.54) is 23.7 Å². The molecule has 2 N–H and O–H groups in total. The fourth-order valence-corrected chi connectivity index (χ4v) is 3.36. The number of hydrogen-bond donors (Lipinski definition) is 2. The number of non-ortho nitro benzene ring substituents is 1. The van der Waals surface area contributed by atoms with Crippen LogP contribution in [0.3, 0.4) is 0 Å². The number of nitrogens with zero attached hydrogens (tertiary/aromatic N) is 4. The van der Waals surface area contributed by atoms with Crippen molar-refractivity contribution in [3.63, 3.8) is 0 Å². The number of aromatic nitrogens is 2. The highest BCUT2D eigenvalue weighted by Gasteiger charge is 2.12. The Hall–Kier alpha value is -2.98. The third-order valence-corrected chi connectivity index (χ3v) is 5.11. The van der Waals surface area contributed by atoms with E-state index in [-0.39, 0.29) is 23.5 Å². The predicted molar refractivity (Wildman–Crippen MR) is 115 cm³/mol. The van der Waals surface area contributed by atoms with Crippen molar-refractivity contribution in [1.82, 2.24) is 14.0 Å². The lowest BCUT2D eigenvalue weighted by Crippen LogP contribution is -2.40. The Balaban J connectivity index is 1.90. The summed E-state index contributed by atoms with van der Waals surface area (Å²) in [5.74, 6) is 0.498. The molecule has 0 aliphatic heterocycles. The van der Waals surface area contributed by atoms with Gasteiger partial charge in [-0.25, -0.2) is 4.79 Å². The van der Waals surface area contributed by atoms with Crippen LogP contribution in [0.1, 0.15) is 17.5 Å². The van der Waals surface area contributed by atoms with E-state index in [0.29, 0.717) is 31.0 Å². The van der Waals surface area contributed by atoms with Gasteiger partial charge in [-0.3, -0.25) is 28.9 Å². The molecule has 2 aromatic rings. The molecule has 0 unspecified atom stereocenters. The maximum atomic E-state index is 12.1. The maximum absolute atomic E-state index is 12.1. The Labute approximate surface area is 174 Å². The number of benzene rings is 1. The standard InChI is InChI=1S/C20H29N5O5/c1-15-18(22(2)20(28)23(3)19(15)27)21-10-12-24(13-14-26)11-4-5-16-6-8-17(9-7-16)25(29)30/h6-9,21,26H,4-5,10-14H2,1-3H3. The molecule has 0 fully saturated rings. The number of rotatable bonds is 11. The predicted octanol–water partition coefficient (Wildman–Crippen LogP) is 0.640. The summed E-state index contributed by atoms with van der Waals surface area (Å²) in [5, 5.41) is 23.2. The second-order valence-corrected chi connectivity index (χ2v) is 7.20. The van der Waals surface area contributed by atoms with E-state index in [4.69, 9.17) is 0 Å². The minimum absolute atomic E-state index is 0.0287. The number of nitrogens with one attached hydrogen (secondary N) is 1. The van der Waals surface area contributed by atoms with Gasteiger partial charge < -0.3 is 10.4 Å². The fourth-order valence-electron chi connectivity index (χ4n) is 3.36. The van der Waals surface area contributed by atoms with Crippen LogP contribution >= 0.6 is 0 Å². The Bertz CT molecular complexity index is 944. The van der Waals surface area contributed by atoms with Crippen molar-refractivity contribution in [1.29, 1.82) is 0 Å². The first kappa shape index (κ1) is 23.3. The number of aliphatic hydroxyl groups excluding tert-OH is 1. The van der Waals surface area contributed by atoms with Gasteiger partial charge in [0.1, 0.15) is 5.82 Å². The van der Waals surface area contributed by atoms with Crippen molar-refractivity contribution in [2.45, 2.75) is 19.8 Å². The van der Waals surface area contributed by atoms with E-state index in [1.54, 1.807) is 26.1 Å². The van der Waals surface area contributed by atoms with Crippen LogP contribution in [0.4, 0.5) is 11.5 Å². The van der Waals surface area contributed by atoms with Crippen LogP contribution < -0.4 is 16.6 Å². The third kappa shape index (κ3) is 5.77. The van der Waals surface area contributed by atoms with Gasteiger partial charge in [-0.1, -0.05) is 12.1 Å². The van der Waals surface area contributed by atoms with E-state index in [2.05, 4.69) is 10.2 Å². The molecule has 164 valence electrons. The summed E-state index contributed by atoms with van der Waals surface area (Å²) in [5.41, 5.74) is 0.867. The van der Waals surface area contributed by atoms with E-state index >= 15 is 0 Å². The molecule has 1 aromatic carbocycles. The van der Waals surface area contributed by atoms with Gasteiger partial charge in [0.2, 0.25) is 0 Å². The SMILES string of the molecule is Cc1c(NCCN(CCO)CCCc2ccc([N+](=O)[O-])cc2)n(C)c(=O)n(C)c1=O. The second kappa shape index (κ2) is 10.7. The summed E-state index contributed by atoms with van der Waals surface area (Å²) < 4.78 is 2.50. The summed E-state index contributed by atoms with van der Waals surface area (Å²) in [4.78, 5) is 36.6. The van der Waals surface area contributed by atoms with Gasteiger partial charge in [-0.2, -0.15) is 0 Å². The molecule has 0 atom stereocenters. The van der Waals surface area contributed by atoms with Gasteiger partial charge in [0.25, 0.3) is 11.2 Å². The first-order valence-corrected chi connectivity index (χ1v) is 9.83. The number of aliphatic hydroxyl groups is 1. The zero-order valence-electron chi connectivity index (χ0n) is 17.6. The summed E-state index contributed by atoms with van der Waals surface area (Å²) in [6.07, 6.45) is 1.61. The summed E-state index contributed by atoms with van der Waals surface area (Å²) >= 11 is 0. The van der Waals surface area contributed by atoms with E-state index in [0.717, 1.165) is 29.5 Å². The largest absolute Gasteiger partial charge is 0.395 e. The lowest BCUT2D eigenvalue weighted by molar-refractivity contribution is -0.384. The van der Waals surface area contributed by atoms with Gasteiger partial charge >= 0.3 is 5.69 Å². The molecule has 0 saturated heterocycles. The van der Waals surface area contributed by atoms with Gasteiger partial charge in [0.15, 0.2) is 0 Å². The van der Waals surface area contributed by atoms with Crippen molar-refractivity contribution < 1.29 is 10.0 Å². The summed E-state index contributed by atoms with van der Waals surface area (Å²) in [7, 11) is 3.07. The number of nitro groups is 1. The highest BCUT2D eigenvalue weighted by Crippen LogP contribution is 2.13. The molecule has 0 radical (unpaired) electrons.